The van der Waals surface area contributed by atoms with Crippen LogP contribution in [-0.2, 0) is 6.42 Å². The Morgan fingerprint density at radius 2 is 1.56 bits per heavy atom. The zero-order valence-electron chi connectivity index (χ0n) is 15.4. The van der Waals surface area contributed by atoms with Crippen LogP contribution in [-0.4, -0.2) is 16.1 Å². The summed E-state index contributed by atoms with van der Waals surface area (Å²) < 4.78 is 0. The molecule has 1 aromatic heterocycles. The summed E-state index contributed by atoms with van der Waals surface area (Å²) in [6, 6.07) is 22.2. The van der Waals surface area contributed by atoms with Crippen molar-refractivity contribution < 1.29 is 9.90 Å². The molecule has 0 radical (unpaired) electrons. The number of benzene rings is 3. The number of hydrogen-bond acceptors (Lipinski definition) is 1. The molecular weight excluding hydrogens is 334 g/mol. The maximum Gasteiger partial charge on any atom is 0.335 e. The Morgan fingerprint density at radius 1 is 0.852 bits per heavy atom. The van der Waals surface area contributed by atoms with Gasteiger partial charge in [-0.25, -0.2) is 4.79 Å². The monoisotopic (exact) mass is 355 g/mol. The Balaban J connectivity index is 1.61. The molecule has 134 valence electrons. The number of carboxylic acid groups (broad SMARTS) is 1. The van der Waals surface area contributed by atoms with Crippen molar-refractivity contribution in [3.8, 4) is 11.3 Å². The van der Waals surface area contributed by atoms with E-state index in [0.717, 1.165) is 23.4 Å². The molecule has 3 aromatic carbocycles. The van der Waals surface area contributed by atoms with Gasteiger partial charge in [0.2, 0.25) is 0 Å². The van der Waals surface area contributed by atoms with Gasteiger partial charge in [0.05, 0.1) is 5.56 Å². The molecule has 0 fully saturated rings. The second-order valence-corrected chi connectivity index (χ2v) is 7.04. The summed E-state index contributed by atoms with van der Waals surface area (Å²) in [4.78, 5) is 14.5. The minimum Gasteiger partial charge on any atom is -0.478 e. The highest BCUT2D eigenvalue weighted by atomic mass is 16.4. The van der Waals surface area contributed by atoms with Gasteiger partial charge in [0, 0.05) is 17.8 Å². The number of carbonyl (C=O) groups is 1. The number of rotatable bonds is 4. The van der Waals surface area contributed by atoms with Crippen LogP contribution in [0.3, 0.4) is 0 Å². The lowest BCUT2D eigenvalue weighted by Gasteiger charge is -2.08. The van der Waals surface area contributed by atoms with E-state index in [-0.39, 0.29) is 0 Å². The first-order valence-electron chi connectivity index (χ1n) is 9.02. The molecule has 1 heterocycles. The smallest absolute Gasteiger partial charge is 0.335 e. The van der Waals surface area contributed by atoms with Gasteiger partial charge in [-0.1, -0.05) is 36.4 Å². The minimum absolute atomic E-state index is 0.313. The first-order chi connectivity index (χ1) is 13.0. The SMILES string of the molecule is Cc1ccc(C)c2cc(-c3ccc(Cc4ccc(C(=O)O)cc4)[nH]3)ccc12. The molecule has 0 bridgehead atoms. The highest BCUT2D eigenvalue weighted by molar-refractivity contribution is 5.91. The highest BCUT2D eigenvalue weighted by Crippen LogP contribution is 2.28. The van der Waals surface area contributed by atoms with E-state index >= 15 is 0 Å². The van der Waals surface area contributed by atoms with E-state index in [1.807, 2.05) is 12.1 Å². The first kappa shape index (κ1) is 17.1. The highest BCUT2D eigenvalue weighted by Gasteiger charge is 2.07. The summed E-state index contributed by atoms with van der Waals surface area (Å²) in [7, 11) is 0. The van der Waals surface area contributed by atoms with Crippen LogP contribution in [0.4, 0.5) is 0 Å². The number of H-pyrrole nitrogens is 1. The number of fused-ring (bicyclic) bond motifs is 1. The number of nitrogens with one attached hydrogen (secondary N) is 1. The van der Waals surface area contributed by atoms with Gasteiger partial charge in [-0.2, -0.15) is 0 Å². The first-order valence-corrected chi connectivity index (χ1v) is 9.02. The van der Waals surface area contributed by atoms with Gasteiger partial charge in [0.1, 0.15) is 0 Å². The maximum absolute atomic E-state index is 11.0. The van der Waals surface area contributed by atoms with E-state index < -0.39 is 5.97 Å². The molecule has 0 saturated heterocycles. The molecule has 0 saturated carbocycles. The molecule has 0 amide bonds. The average Bonchev–Trinajstić information content (AvgIpc) is 3.13. The summed E-state index contributed by atoms with van der Waals surface area (Å²) in [6.45, 7) is 4.29. The number of aromatic nitrogens is 1. The van der Waals surface area contributed by atoms with E-state index in [4.69, 9.17) is 5.11 Å². The molecule has 4 rings (SSSR count). The Kier molecular flexibility index (Phi) is 4.28. The van der Waals surface area contributed by atoms with Crippen LogP contribution in [0.2, 0.25) is 0 Å². The topological polar surface area (TPSA) is 53.1 Å². The van der Waals surface area contributed by atoms with Gasteiger partial charge >= 0.3 is 5.97 Å². The average molecular weight is 355 g/mol. The minimum atomic E-state index is -0.898. The van der Waals surface area contributed by atoms with Gasteiger partial charge in [0.25, 0.3) is 0 Å². The van der Waals surface area contributed by atoms with Gasteiger partial charge in [-0.05, 0) is 77.2 Å². The van der Waals surface area contributed by atoms with E-state index in [9.17, 15) is 4.79 Å². The molecule has 27 heavy (non-hydrogen) atoms. The number of carboxylic acids is 1. The second kappa shape index (κ2) is 6.76. The van der Waals surface area contributed by atoms with Crippen molar-refractivity contribution in [3.63, 3.8) is 0 Å². The summed E-state index contributed by atoms with van der Waals surface area (Å²) in [5, 5.41) is 11.6. The zero-order chi connectivity index (χ0) is 19.0. The number of aromatic amines is 1. The third-order valence-corrected chi connectivity index (χ3v) is 5.11. The Labute approximate surface area is 158 Å². The summed E-state index contributed by atoms with van der Waals surface area (Å²) in [5.41, 5.74) is 7.33. The molecule has 0 unspecified atom stereocenters. The summed E-state index contributed by atoms with van der Waals surface area (Å²) >= 11 is 0. The van der Waals surface area contributed by atoms with Crippen LogP contribution in [0.15, 0.2) is 66.7 Å². The molecule has 4 aromatic rings. The maximum atomic E-state index is 11.0. The van der Waals surface area contributed by atoms with Crippen molar-refractivity contribution >= 4 is 16.7 Å². The van der Waals surface area contributed by atoms with Crippen LogP contribution >= 0.6 is 0 Å². The van der Waals surface area contributed by atoms with Crippen molar-refractivity contribution in [3.05, 3.63) is 94.7 Å². The van der Waals surface area contributed by atoms with E-state index in [1.54, 1.807) is 12.1 Å². The molecule has 3 heteroatoms. The molecule has 0 aliphatic heterocycles. The molecule has 0 aliphatic carbocycles. The van der Waals surface area contributed by atoms with Crippen molar-refractivity contribution in [2.24, 2.45) is 0 Å². The van der Waals surface area contributed by atoms with Crippen LogP contribution in [0.5, 0.6) is 0 Å². The van der Waals surface area contributed by atoms with Gasteiger partial charge in [0.15, 0.2) is 0 Å². The number of aryl methyl sites for hydroxylation is 2. The number of aromatic carboxylic acids is 1. The second-order valence-electron chi connectivity index (χ2n) is 7.04. The predicted molar refractivity (Wildman–Crippen MR) is 109 cm³/mol. The molecule has 2 N–H and O–H groups in total. The molecule has 3 nitrogen and oxygen atoms in total. The van der Waals surface area contributed by atoms with Crippen LogP contribution in [0.1, 0.15) is 32.7 Å². The molecule has 0 spiro atoms. The normalized spacial score (nSPS) is 11.0. The van der Waals surface area contributed by atoms with E-state index in [2.05, 4.69) is 61.3 Å². The van der Waals surface area contributed by atoms with Crippen molar-refractivity contribution in [1.82, 2.24) is 4.98 Å². The quantitative estimate of drug-likeness (QED) is 0.490. The van der Waals surface area contributed by atoms with E-state index in [0.29, 0.717) is 5.56 Å². The standard InChI is InChI=1S/C24H21NO2/c1-15-3-4-16(2)22-14-19(9-11-21(15)22)23-12-10-20(25-23)13-17-5-7-18(8-6-17)24(26)27/h3-12,14,25H,13H2,1-2H3,(H,26,27). The van der Waals surface area contributed by atoms with Gasteiger partial charge in [-0.15, -0.1) is 0 Å². The third kappa shape index (κ3) is 3.36. The van der Waals surface area contributed by atoms with Crippen LogP contribution < -0.4 is 0 Å². The Hall–Kier alpha value is -3.33. The van der Waals surface area contributed by atoms with Crippen LogP contribution in [0.25, 0.3) is 22.0 Å². The lowest BCUT2D eigenvalue weighted by atomic mass is 9.98. The van der Waals surface area contributed by atoms with Gasteiger partial charge < -0.3 is 10.1 Å². The Morgan fingerprint density at radius 3 is 2.26 bits per heavy atom. The molecule has 0 aliphatic rings. The Bertz CT molecular complexity index is 1140. The number of hydrogen-bond donors (Lipinski definition) is 2. The lowest BCUT2D eigenvalue weighted by Crippen LogP contribution is -1.96. The van der Waals surface area contributed by atoms with Crippen molar-refractivity contribution in [2.45, 2.75) is 20.3 Å². The molecular formula is C24H21NO2. The van der Waals surface area contributed by atoms with E-state index in [1.165, 1.54) is 27.5 Å². The third-order valence-electron chi connectivity index (χ3n) is 5.11. The fourth-order valence-corrected chi connectivity index (χ4v) is 3.51. The largest absolute Gasteiger partial charge is 0.478 e. The lowest BCUT2D eigenvalue weighted by molar-refractivity contribution is 0.0697. The zero-order valence-corrected chi connectivity index (χ0v) is 15.4. The fourth-order valence-electron chi connectivity index (χ4n) is 3.51. The summed E-state index contributed by atoms with van der Waals surface area (Å²) in [5.74, 6) is -0.898. The van der Waals surface area contributed by atoms with Crippen LogP contribution in [0, 0.1) is 13.8 Å². The predicted octanol–water partition coefficient (Wildman–Crippen LogP) is 5.74. The van der Waals surface area contributed by atoms with Crippen molar-refractivity contribution in [1.29, 1.82) is 0 Å². The summed E-state index contributed by atoms with van der Waals surface area (Å²) in [6.07, 6.45) is 0.742. The molecule has 0 atom stereocenters. The fraction of sp³-hybridized carbons (Fsp3) is 0.125. The van der Waals surface area contributed by atoms with Crippen molar-refractivity contribution in [2.75, 3.05) is 0 Å². The van der Waals surface area contributed by atoms with Gasteiger partial charge in [-0.3, -0.25) is 0 Å².